The van der Waals surface area contributed by atoms with E-state index in [2.05, 4.69) is 5.32 Å². The summed E-state index contributed by atoms with van der Waals surface area (Å²) in [7, 11) is 3.15. The zero-order chi connectivity index (χ0) is 28.9. The molecule has 1 N–H and O–H groups in total. The summed E-state index contributed by atoms with van der Waals surface area (Å²) in [6.07, 6.45) is 2.38. The van der Waals surface area contributed by atoms with Gasteiger partial charge in [-0.1, -0.05) is 77.0 Å². The van der Waals surface area contributed by atoms with Gasteiger partial charge in [0.05, 0.1) is 25.4 Å². The molecule has 2 amide bonds. The SMILES string of the molecule is COc1ccc(CCN2C(=O)/C(=C/c3ccc(OC(NC(=O)c4ccco4)C(Cl)(Cl)Cl)cc3)SC2=S)cc1OC. The smallest absolute Gasteiger partial charge is 0.289 e. The maximum atomic E-state index is 13.1. The lowest BCUT2D eigenvalue weighted by Gasteiger charge is -2.26. The molecule has 0 radical (unpaired) electrons. The molecular formula is C27H23Cl3N2O6S2. The highest BCUT2D eigenvalue weighted by molar-refractivity contribution is 8.26. The van der Waals surface area contributed by atoms with Crippen LogP contribution in [0.4, 0.5) is 0 Å². The third-order valence-corrected chi connectivity index (χ3v) is 7.65. The number of hydrogen-bond donors (Lipinski definition) is 1. The normalized spacial score (nSPS) is 15.3. The Morgan fingerprint density at radius 2 is 1.85 bits per heavy atom. The van der Waals surface area contributed by atoms with Crippen LogP contribution < -0.4 is 19.5 Å². The van der Waals surface area contributed by atoms with E-state index in [0.29, 0.717) is 39.4 Å². The minimum absolute atomic E-state index is 0.0410. The summed E-state index contributed by atoms with van der Waals surface area (Å²) in [4.78, 5) is 27.5. The van der Waals surface area contributed by atoms with Gasteiger partial charge in [0, 0.05) is 6.54 Å². The van der Waals surface area contributed by atoms with E-state index in [4.69, 9.17) is 65.6 Å². The van der Waals surface area contributed by atoms with E-state index >= 15 is 0 Å². The lowest BCUT2D eigenvalue weighted by molar-refractivity contribution is -0.122. The Labute approximate surface area is 255 Å². The fraction of sp³-hybridized carbons (Fsp3) is 0.222. The predicted octanol–water partition coefficient (Wildman–Crippen LogP) is 6.25. The van der Waals surface area contributed by atoms with Crippen LogP contribution in [0, 0.1) is 0 Å². The number of halogens is 3. The number of thioether (sulfide) groups is 1. The van der Waals surface area contributed by atoms with Crippen LogP contribution in [-0.2, 0) is 11.2 Å². The van der Waals surface area contributed by atoms with Crippen molar-refractivity contribution in [2.45, 2.75) is 16.4 Å². The number of nitrogens with one attached hydrogen (secondary N) is 1. The highest BCUT2D eigenvalue weighted by atomic mass is 35.6. The van der Waals surface area contributed by atoms with Gasteiger partial charge in [-0.2, -0.15) is 0 Å². The second-order valence-electron chi connectivity index (χ2n) is 8.33. The molecule has 1 atom stereocenters. The third-order valence-electron chi connectivity index (χ3n) is 5.68. The van der Waals surface area contributed by atoms with E-state index in [0.717, 1.165) is 11.1 Å². The molecule has 1 aromatic heterocycles. The summed E-state index contributed by atoms with van der Waals surface area (Å²) in [6.45, 7) is 0.423. The summed E-state index contributed by atoms with van der Waals surface area (Å²) in [5.74, 6) is 0.851. The zero-order valence-corrected chi connectivity index (χ0v) is 25.1. The van der Waals surface area contributed by atoms with Gasteiger partial charge in [-0.3, -0.25) is 14.5 Å². The molecule has 0 aliphatic carbocycles. The Morgan fingerprint density at radius 1 is 1.12 bits per heavy atom. The number of benzene rings is 2. The highest BCUT2D eigenvalue weighted by Gasteiger charge is 2.37. The minimum atomic E-state index is -1.97. The Hall–Kier alpha value is -2.89. The van der Waals surface area contributed by atoms with Gasteiger partial charge in [0.25, 0.3) is 11.8 Å². The first-order valence-electron chi connectivity index (χ1n) is 11.7. The Kier molecular flexibility index (Phi) is 9.91. The molecule has 13 heteroatoms. The van der Waals surface area contributed by atoms with E-state index in [1.54, 1.807) is 55.5 Å². The summed E-state index contributed by atoms with van der Waals surface area (Å²) < 4.78 is 19.9. The second-order valence-corrected chi connectivity index (χ2v) is 12.4. The molecular weight excluding hydrogens is 619 g/mol. The summed E-state index contributed by atoms with van der Waals surface area (Å²) >= 11 is 24.8. The number of carbonyl (C=O) groups is 2. The van der Waals surface area contributed by atoms with Crippen LogP contribution in [-0.4, -0.2) is 51.8 Å². The van der Waals surface area contributed by atoms with Gasteiger partial charge in [0.2, 0.25) is 10.0 Å². The van der Waals surface area contributed by atoms with Gasteiger partial charge in [0.15, 0.2) is 17.3 Å². The number of carbonyl (C=O) groups excluding carboxylic acids is 2. The quantitative estimate of drug-likeness (QED) is 0.120. The number of furan rings is 1. The number of amides is 2. The molecule has 1 unspecified atom stereocenters. The average Bonchev–Trinajstić information content (AvgIpc) is 3.56. The number of ether oxygens (including phenoxy) is 3. The van der Waals surface area contributed by atoms with Crippen LogP contribution in [0.1, 0.15) is 21.7 Å². The van der Waals surface area contributed by atoms with E-state index in [1.165, 1.54) is 24.1 Å². The van der Waals surface area contributed by atoms with E-state index in [1.807, 2.05) is 18.2 Å². The molecule has 8 nitrogen and oxygen atoms in total. The molecule has 2 aromatic carbocycles. The first-order chi connectivity index (χ1) is 19.1. The Morgan fingerprint density at radius 3 is 2.48 bits per heavy atom. The van der Waals surface area contributed by atoms with Crippen molar-refractivity contribution < 1.29 is 28.2 Å². The molecule has 210 valence electrons. The molecule has 1 aliphatic rings. The van der Waals surface area contributed by atoms with Crippen LogP contribution in [0.25, 0.3) is 6.08 Å². The van der Waals surface area contributed by atoms with Crippen LogP contribution in [0.5, 0.6) is 17.2 Å². The van der Waals surface area contributed by atoms with Crippen molar-refractivity contribution in [2.75, 3.05) is 20.8 Å². The number of methoxy groups -OCH3 is 2. The molecule has 1 aliphatic heterocycles. The Balaban J connectivity index is 1.39. The summed E-state index contributed by atoms with van der Waals surface area (Å²) in [6, 6.07) is 15.4. The van der Waals surface area contributed by atoms with Gasteiger partial charge in [-0.25, -0.2) is 0 Å². The molecule has 4 rings (SSSR count). The molecule has 2 heterocycles. The number of alkyl halides is 3. The zero-order valence-electron chi connectivity index (χ0n) is 21.2. The number of nitrogens with zero attached hydrogens (tertiary/aromatic N) is 1. The van der Waals surface area contributed by atoms with Gasteiger partial charge < -0.3 is 23.9 Å². The second kappa shape index (κ2) is 13.2. The van der Waals surface area contributed by atoms with E-state index in [-0.39, 0.29) is 11.7 Å². The molecule has 40 heavy (non-hydrogen) atoms. The summed E-state index contributed by atoms with van der Waals surface area (Å²) in [5.41, 5.74) is 1.72. The van der Waals surface area contributed by atoms with Crippen molar-refractivity contribution in [1.29, 1.82) is 0 Å². The molecule has 0 bridgehead atoms. The van der Waals surface area contributed by atoms with E-state index < -0.39 is 15.9 Å². The van der Waals surface area contributed by atoms with Gasteiger partial charge >= 0.3 is 0 Å². The fourth-order valence-electron chi connectivity index (χ4n) is 3.68. The van der Waals surface area contributed by atoms with Crippen LogP contribution in [0.15, 0.2) is 70.2 Å². The molecule has 1 saturated heterocycles. The molecule has 0 spiro atoms. The van der Waals surface area contributed by atoms with Crippen LogP contribution >= 0.6 is 58.8 Å². The number of hydrogen-bond acceptors (Lipinski definition) is 8. The van der Waals surface area contributed by atoms with Crippen molar-refractivity contribution in [3.63, 3.8) is 0 Å². The maximum absolute atomic E-state index is 13.1. The fourth-order valence-corrected chi connectivity index (χ4v) is 5.28. The standard InChI is InChI=1S/C27H23Cl3N2O6S2/c1-35-19-10-7-17(14-21(19)36-2)11-12-32-24(34)22(40-26(32)39)15-16-5-8-18(9-6-16)38-25(27(28,29)30)31-23(33)20-4-3-13-37-20/h3-10,13-15,25H,11-12H2,1-2H3,(H,31,33)/b22-15-. The van der Waals surface area contributed by atoms with Gasteiger partial charge in [0.1, 0.15) is 10.1 Å². The topological polar surface area (TPSA) is 90.2 Å². The number of rotatable bonds is 10. The number of thiocarbonyl (C=S) groups is 1. The molecule has 0 saturated carbocycles. The van der Waals surface area contributed by atoms with Crippen molar-refractivity contribution in [3.05, 3.63) is 82.7 Å². The average molecular weight is 642 g/mol. The lowest BCUT2D eigenvalue weighted by Crippen LogP contribution is -2.47. The first-order valence-corrected chi connectivity index (χ1v) is 14.1. The minimum Gasteiger partial charge on any atom is -0.493 e. The van der Waals surface area contributed by atoms with Crippen molar-refractivity contribution in [1.82, 2.24) is 10.2 Å². The highest BCUT2D eigenvalue weighted by Crippen LogP contribution is 2.35. The van der Waals surface area contributed by atoms with Crippen LogP contribution in [0.2, 0.25) is 0 Å². The summed E-state index contributed by atoms with van der Waals surface area (Å²) in [5, 5.41) is 2.49. The van der Waals surface area contributed by atoms with Gasteiger partial charge in [-0.05, 0) is 60.0 Å². The maximum Gasteiger partial charge on any atom is 0.289 e. The largest absolute Gasteiger partial charge is 0.493 e. The van der Waals surface area contributed by atoms with Crippen LogP contribution in [0.3, 0.4) is 0 Å². The van der Waals surface area contributed by atoms with Crippen molar-refractivity contribution in [3.8, 4) is 17.2 Å². The molecule has 3 aromatic rings. The first kappa shape index (κ1) is 30.1. The van der Waals surface area contributed by atoms with E-state index in [9.17, 15) is 9.59 Å². The monoisotopic (exact) mass is 640 g/mol. The predicted molar refractivity (Wildman–Crippen MR) is 160 cm³/mol. The third kappa shape index (κ3) is 7.44. The molecule has 1 fully saturated rings. The van der Waals surface area contributed by atoms with Crippen molar-refractivity contribution in [2.24, 2.45) is 0 Å². The van der Waals surface area contributed by atoms with Gasteiger partial charge in [-0.15, -0.1) is 0 Å². The van der Waals surface area contributed by atoms with Crippen molar-refractivity contribution >= 4 is 81.0 Å². The lowest BCUT2D eigenvalue weighted by atomic mass is 10.1. The Bertz CT molecular complexity index is 1410.